The van der Waals surface area contributed by atoms with Gasteiger partial charge in [-0.15, -0.1) is 0 Å². The number of rotatable bonds is 3. The maximum absolute atomic E-state index is 11.7. The second-order valence-electron chi connectivity index (χ2n) is 4.14. The lowest BCUT2D eigenvalue weighted by atomic mass is 10.1. The third kappa shape index (κ3) is 3.05. The second kappa shape index (κ2) is 5.45. The van der Waals surface area contributed by atoms with Gasteiger partial charge in [0.1, 0.15) is 0 Å². The molecular formula is C13H14N4O2. The van der Waals surface area contributed by atoms with E-state index in [-0.39, 0.29) is 11.5 Å². The van der Waals surface area contributed by atoms with Crippen LogP contribution in [0, 0.1) is 6.92 Å². The number of hydrogen-bond donors (Lipinski definition) is 2. The van der Waals surface area contributed by atoms with Crippen LogP contribution in [0.3, 0.4) is 0 Å². The molecule has 0 fully saturated rings. The van der Waals surface area contributed by atoms with Gasteiger partial charge in [0, 0.05) is 11.6 Å². The van der Waals surface area contributed by atoms with Crippen LogP contribution >= 0.6 is 0 Å². The summed E-state index contributed by atoms with van der Waals surface area (Å²) in [5, 5.41) is 4.14. The molecule has 0 aliphatic heterocycles. The minimum atomic E-state index is -0.369. The highest BCUT2D eigenvalue weighted by molar-refractivity contribution is 5.93. The van der Waals surface area contributed by atoms with Crippen LogP contribution in [0.5, 0.6) is 0 Å². The third-order valence-electron chi connectivity index (χ3n) is 2.65. The number of nitrogens with two attached hydrogens (primary N) is 1. The van der Waals surface area contributed by atoms with Crippen LogP contribution in [0.15, 0.2) is 41.2 Å². The monoisotopic (exact) mass is 258 g/mol. The molecule has 6 nitrogen and oxygen atoms in total. The van der Waals surface area contributed by atoms with Crippen LogP contribution < -0.4 is 16.8 Å². The minimum absolute atomic E-state index is 0.181. The highest BCUT2D eigenvalue weighted by Crippen LogP contribution is 2.06. The fourth-order valence-electron chi connectivity index (χ4n) is 1.73. The fourth-order valence-corrected chi connectivity index (χ4v) is 1.73. The van der Waals surface area contributed by atoms with Gasteiger partial charge >= 0.3 is 0 Å². The number of hydrazine groups is 1. The summed E-state index contributed by atoms with van der Waals surface area (Å²) >= 11 is 0. The molecule has 2 aromatic rings. The van der Waals surface area contributed by atoms with E-state index < -0.39 is 0 Å². The molecule has 0 spiro atoms. The lowest BCUT2D eigenvalue weighted by Gasteiger charge is -2.07. The summed E-state index contributed by atoms with van der Waals surface area (Å²) in [6.45, 7) is 2.13. The first-order valence-electron chi connectivity index (χ1n) is 5.75. The first-order chi connectivity index (χ1) is 9.10. The molecule has 0 saturated heterocycles. The number of amides is 1. The summed E-state index contributed by atoms with van der Waals surface area (Å²) in [4.78, 5) is 23.1. The Kier molecular flexibility index (Phi) is 3.72. The van der Waals surface area contributed by atoms with Crippen LogP contribution in [0.2, 0.25) is 0 Å². The summed E-state index contributed by atoms with van der Waals surface area (Å²) in [7, 11) is 0. The summed E-state index contributed by atoms with van der Waals surface area (Å²) in [6.07, 6.45) is 0. The zero-order valence-corrected chi connectivity index (χ0v) is 10.5. The van der Waals surface area contributed by atoms with Crippen molar-refractivity contribution in [2.45, 2.75) is 13.5 Å². The molecule has 3 N–H and O–H groups in total. The van der Waals surface area contributed by atoms with Crippen molar-refractivity contribution >= 4 is 5.91 Å². The quantitative estimate of drug-likeness (QED) is 0.467. The number of benzene rings is 1. The van der Waals surface area contributed by atoms with Gasteiger partial charge in [0.2, 0.25) is 0 Å². The average molecular weight is 258 g/mol. The number of aromatic nitrogens is 2. The zero-order chi connectivity index (χ0) is 13.8. The Bertz CT molecular complexity index is 664. The number of nitrogens with zero attached hydrogens (tertiary/aromatic N) is 2. The van der Waals surface area contributed by atoms with E-state index in [9.17, 15) is 9.59 Å². The maximum Gasteiger partial charge on any atom is 0.267 e. The Morgan fingerprint density at radius 3 is 2.89 bits per heavy atom. The molecule has 19 heavy (non-hydrogen) atoms. The molecule has 0 unspecified atom stereocenters. The number of carbonyl (C=O) groups is 1. The molecule has 0 atom stereocenters. The maximum atomic E-state index is 11.7. The first kappa shape index (κ1) is 13.0. The first-order valence-corrected chi connectivity index (χ1v) is 5.75. The van der Waals surface area contributed by atoms with Gasteiger partial charge in [-0.1, -0.05) is 12.1 Å². The normalized spacial score (nSPS) is 10.2. The SMILES string of the molecule is Cc1ccc(=O)n(Cc2cccc(C(=O)NN)c2)n1. The molecule has 2 rings (SSSR count). The average Bonchev–Trinajstić information content (AvgIpc) is 2.42. The molecule has 1 aromatic heterocycles. The predicted octanol–water partition coefficient (Wildman–Crippen LogP) is 0.204. The zero-order valence-electron chi connectivity index (χ0n) is 10.5. The van der Waals surface area contributed by atoms with Gasteiger partial charge in [0.25, 0.3) is 11.5 Å². The van der Waals surface area contributed by atoms with Crippen molar-refractivity contribution < 1.29 is 4.79 Å². The Balaban J connectivity index is 2.31. The molecule has 98 valence electrons. The Hall–Kier alpha value is -2.47. The van der Waals surface area contributed by atoms with Crippen molar-refractivity contribution in [2.24, 2.45) is 5.84 Å². The van der Waals surface area contributed by atoms with E-state index >= 15 is 0 Å². The van der Waals surface area contributed by atoms with Crippen LogP contribution in [-0.2, 0) is 6.54 Å². The molecule has 6 heteroatoms. The predicted molar refractivity (Wildman–Crippen MR) is 70.4 cm³/mol. The Morgan fingerprint density at radius 1 is 1.37 bits per heavy atom. The van der Waals surface area contributed by atoms with Gasteiger partial charge in [0.05, 0.1) is 12.2 Å². The summed E-state index contributed by atoms with van der Waals surface area (Å²) in [5.41, 5.74) is 3.90. The molecule has 0 radical (unpaired) electrons. The van der Waals surface area contributed by atoms with Crippen molar-refractivity contribution in [3.8, 4) is 0 Å². The van der Waals surface area contributed by atoms with Gasteiger partial charge in [0.15, 0.2) is 0 Å². The van der Waals surface area contributed by atoms with Gasteiger partial charge in [-0.3, -0.25) is 15.0 Å². The third-order valence-corrected chi connectivity index (χ3v) is 2.65. The smallest absolute Gasteiger partial charge is 0.267 e. The van der Waals surface area contributed by atoms with Gasteiger partial charge < -0.3 is 0 Å². The number of nitrogen functional groups attached to an aromatic ring is 1. The van der Waals surface area contributed by atoms with E-state index in [1.54, 1.807) is 24.3 Å². The number of nitrogens with one attached hydrogen (secondary N) is 1. The summed E-state index contributed by atoms with van der Waals surface area (Å²) < 4.78 is 1.36. The van der Waals surface area contributed by atoms with E-state index in [4.69, 9.17) is 5.84 Å². The Morgan fingerprint density at radius 2 is 2.16 bits per heavy atom. The molecular weight excluding hydrogens is 244 g/mol. The molecule has 0 aliphatic rings. The van der Waals surface area contributed by atoms with Crippen LogP contribution in [-0.4, -0.2) is 15.7 Å². The summed E-state index contributed by atoms with van der Waals surface area (Å²) in [5.74, 6) is 4.71. The highest BCUT2D eigenvalue weighted by Gasteiger charge is 2.05. The van der Waals surface area contributed by atoms with Gasteiger partial charge in [-0.2, -0.15) is 5.10 Å². The Labute approximate surface area is 109 Å². The van der Waals surface area contributed by atoms with Crippen LogP contribution in [0.1, 0.15) is 21.6 Å². The van der Waals surface area contributed by atoms with Crippen molar-refractivity contribution in [3.05, 3.63) is 63.6 Å². The largest absolute Gasteiger partial charge is 0.290 e. The molecule has 1 amide bonds. The number of hydrogen-bond acceptors (Lipinski definition) is 4. The fraction of sp³-hybridized carbons (Fsp3) is 0.154. The van der Waals surface area contributed by atoms with Crippen molar-refractivity contribution in [3.63, 3.8) is 0 Å². The summed E-state index contributed by atoms with van der Waals surface area (Å²) in [6, 6.07) is 10.0. The molecule has 0 bridgehead atoms. The van der Waals surface area contributed by atoms with E-state index in [1.807, 2.05) is 13.0 Å². The van der Waals surface area contributed by atoms with Crippen molar-refractivity contribution in [1.82, 2.24) is 15.2 Å². The van der Waals surface area contributed by atoms with E-state index in [0.29, 0.717) is 12.1 Å². The molecule has 0 aliphatic carbocycles. The molecule has 1 heterocycles. The standard InChI is InChI=1S/C13H14N4O2/c1-9-5-6-12(18)17(16-9)8-10-3-2-4-11(7-10)13(19)15-14/h2-7H,8,14H2,1H3,(H,15,19). The van der Waals surface area contributed by atoms with E-state index in [1.165, 1.54) is 10.7 Å². The van der Waals surface area contributed by atoms with Crippen molar-refractivity contribution in [2.75, 3.05) is 0 Å². The lowest BCUT2D eigenvalue weighted by Crippen LogP contribution is -2.30. The lowest BCUT2D eigenvalue weighted by molar-refractivity contribution is 0.0953. The molecule has 1 aromatic carbocycles. The van der Waals surface area contributed by atoms with Gasteiger partial charge in [-0.05, 0) is 30.7 Å². The van der Waals surface area contributed by atoms with Crippen LogP contribution in [0.4, 0.5) is 0 Å². The number of carbonyl (C=O) groups excluding carboxylic acids is 1. The second-order valence-corrected chi connectivity index (χ2v) is 4.14. The van der Waals surface area contributed by atoms with E-state index in [2.05, 4.69) is 10.5 Å². The van der Waals surface area contributed by atoms with Crippen molar-refractivity contribution in [1.29, 1.82) is 0 Å². The number of aryl methyl sites for hydroxylation is 1. The van der Waals surface area contributed by atoms with Crippen LogP contribution in [0.25, 0.3) is 0 Å². The van der Waals surface area contributed by atoms with Gasteiger partial charge in [-0.25, -0.2) is 10.5 Å². The molecule has 0 saturated carbocycles. The highest BCUT2D eigenvalue weighted by atomic mass is 16.2. The van der Waals surface area contributed by atoms with E-state index in [0.717, 1.165) is 11.3 Å². The minimum Gasteiger partial charge on any atom is -0.290 e. The topological polar surface area (TPSA) is 90.0 Å².